The van der Waals surface area contributed by atoms with Crippen molar-refractivity contribution in [2.24, 2.45) is 5.92 Å². The number of hydrogen-bond donors (Lipinski definition) is 1. The molecule has 1 aromatic carbocycles. The predicted octanol–water partition coefficient (Wildman–Crippen LogP) is 1.96. The molecule has 1 aromatic rings. The normalized spacial score (nSPS) is 16.2. The molecule has 1 heterocycles. The smallest absolute Gasteiger partial charge is 0.254 e. The highest BCUT2D eigenvalue weighted by Crippen LogP contribution is 2.20. The van der Waals surface area contributed by atoms with Gasteiger partial charge in [0, 0.05) is 18.7 Å². The Morgan fingerprint density at radius 3 is 2.35 bits per heavy atom. The Labute approximate surface area is 120 Å². The molecule has 0 bridgehead atoms. The number of nitrogens with zero attached hydrogens (tertiary/aromatic N) is 1. The van der Waals surface area contributed by atoms with Crippen molar-refractivity contribution in [1.82, 2.24) is 10.2 Å². The van der Waals surface area contributed by atoms with Gasteiger partial charge in [0.25, 0.3) is 5.91 Å². The highest BCUT2D eigenvalue weighted by molar-refractivity contribution is 6.07. The van der Waals surface area contributed by atoms with E-state index in [1.54, 1.807) is 18.2 Å². The number of piperidine rings is 1. The van der Waals surface area contributed by atoms with Crippen LogP contribution in [-0.4, -0.2) is 43.3 Å². The Morgan fingerprint density at radius 1 is 1.20 bits per heavy atom. The zero-order valence-corrected chi connectivity index (χ0v) is 12.2. The first kappa shape index (κ1) is 14.7. The second-order valence-electron chi connectivity index (χ2n) is 5.40. The molecular formula is C16H22N2O2. The van der Waals surface area contributed by atoms with Gasteiger partial charge in [-0.25, -0.2) is 0 Å². The van der Waals surface area contributed by atoms with Crippen LogP contribution in [0, 0.1) is 5.92 Å². The summed E-state index contributed by atoms with van der Waals surface area (Å²) in [4.78, 5) is 26.0. The Bertz CT molecular complexity index is 491. The topological polar surface area (TPSA) is 49.4 Å². The van der Waals surface area contributed by atoms with Crippen LogP contribution in [0.4, 0.5) is 0 Å². The molecule has 0 aliphatic carbocycles. The lowest BCUT2D eigenvalue weighted by Gasteiger charge is -2.32. The maximum absolute atomic E-state index is 12.5. The zero-order valence-electron chi connectivity index (χ0n) is 12.2. The van der Waals surface area contributed by atoms with E-state index in [0.29, 0.717) is 17.0 Å². The van der Waals surface area contributed by atoms with Crippen LogP contribution in [0.2, 0.25) is 0 Å². The van der Waals surface area contributed by atoms with Gasteiger partial charge in [-0.05, 0) is 45.3 Å². The van der Waals surface area contributed by atoms with Crippen LogP contribution in [0.25, 0.3) is 0 Å². The molecule has 108 valence electrons. The molecular weight excluding hydrogens is 252 g/mol. The number of amides is 1. The third-order valence-electron chi connectivity index (χ3n) is 3.93. The van der Waals surface area contributed by atoms with Crippen molar-refractivity contribution in [2.45, 2.75) is 19.8 Å². The molecule has 4 nitrogen and oxygen atoms in total. The van der Waals surface area contributed by atoms with Gasteiger partial charge in [0.15, 0.2) is 5.78 Å². The van der Waals surface area contributed by atoms with E-state index < -0.39 is 0 Å². The van der Waals surface area contributed by atoms with Gasteiger partial charge in [0.2, 0.25) is 0 Å². The Hall–Kier alpha value is -1.68. The van der Waals surface area contributed by atoms with Gasteiger partial charge < -0.3 is 10.2 Å². The van der Waals surface area contributed by atoms with Crippen LogP contribution < -0.4 is 5.32 Å². The standard InChI is InChI=1S/C16H22N2O2/c1-12(19)14-5-3-4-6-15(14)16(20)18-9-7-13(8-10-18)11-17-2/h3-6,13,17H,7-11H2,1-2H3. The fourth-order valence-electron chi connectivity index (χ4n) is 2.78. The number of likely N-dealkylation sites (tertiary alicyclic amines) is 1. The summed E-state index contributed by atoms with van der Waals surface area (Å²) < 4.78 is 0. The van der Waals surface area contributed by atoms with Crippen molar-refractivity contribution in [1.29, 1.82) is 0 Å². The summed E-state index contributed by atoms with van der Waals surface area (Å²) in [7, 11) is 1.96. The summed E-state index contributed by atoms with van der Waals surface area (Å²) in [5.41, 5.74) is 1.06. The van der Waals surface area contributed by atoms with Gasteiger partial charge >= 0.3 is 0 Å². The number of ketones is 1. The first-order valence-electron chi connectivity index (χ1n) is 7.17. The van der Waals surface area contributed by atoms with E-state index in [9.17, 15) is 9.59 Å². The number of nitrogens with one attached hydrogen (secondary N) is 1. The molecule has 0 saturated carbocycles. The summed E-state index contributed by atoms with van der Waals surface area (Å²) in [5, 5.41) is 3.19. The zero-order chi connectivity index (χ0) is 14.5. The van der Waals surface area contributed by atoms with Crippen molar-refractivity contribution in [3.63, 3.8) is 0 Å². The highest BCUT2D eigenvalue weighted by Gasteiger charge is 2.25. The summed E-state index contributed by atoms with van der Waals surface area (Å²) >= 11 is 0. The molecule has 0 unspecified atom stereocenters. The number of hydrogen-bond acceptors (Lipinski definition) is 3. The Kier molecular flexibility index (Phi) is 4.90. The van der Waals surface area contributed by atoms with Crippen LogP contribution >= 0.6 is 0 Å². The van der Waals surface area contributed by atoms with Crippen LogP contribution in [0.1, 0.15) is 40.5 Å². The minimum Gasteiger partial charge on any atom is -0.339 e. The largest absolute Gasteiger partial charge is 0.339 e. The molecule has 0 aromatic heterocycles. The van der Waals surface area contributed by atoms with Crippen molar-refractivity contribution in [3.05, 3.63) is 35.4 Å². The van der Waals surface area contributed by atoms with E-state index in [2.05, 4.69) is 5.32 Å². The second-order valence-corrected chi connectivity index (χ2v) is 5.40. The molecule has 1 saturated heterocycles. The van der Waals surface area contributed by atoms with Gasteiger partial charge in [-0.1, -0.05) is 18.2 Å². The predicted molar refractivity (Wildman–Crippen MR) is 79.0 cm³/mol. The monoisotopic (exact) mass is 274 g/mol. The van der Waals surface area contributed by atoms with Crippen LogP contribution in [-0.2, 0) is 0 Å². The maximum Gasteiger partial charge on any atom is 0.254 e. The van der Waals surface area contributed by atoms with E-state index >= 15 is 0 Å². The van der Waals surface area contributed by atoms with Crippen molar-refractivity contribution >= 4 is 11.7 Å². The molecule has 1 amide bonds. The molecule has 1 aliphatic heterocycles. The number of carbonyl (C=O) groups is 2. The first-order valence-corrected chi connectivity index (χ1v) is 7.17. The lowest BCUT2D eigenvalue weighted by Crippen LogP contribution is -2.40. The highest BCUT2D eigenvalue weighted by atomic mass is 16.2. The molecule has 0 radical (unpaired) electrons. The molecule has 1 aliphatic rings. The third kappa shape index (κ3) is 3.25. The minimum absolute atomic E-state index is 0.0151. The molecule has 0 atom stereocenters. The summed E-state index contributed by atoms with van der Waals surface area (Å²) in [6.45, 7) is 4.06. The molecule has 0 spiro atoms. The number of Topliss-reactive ketones (excluding diaryl/α,β-unsaturated/α-hetero) is 1. The van der Waals surface area contributed by atoms with Gasteiger partial charge in [-0.15, -0.1) is 0 Å². The molecule has 20 heavy (non-hydrogen) atoms. The van der Waals surface area contributed by atoms with Gasteiger partial charge in [0.05, 0.1) is 5.56 Å². The van der Waals surface area contributed by atoms with Crippen LogP contribution in [0.5, 0.6) is 0 Å². The summed E-state index contributed by atoms with van der Waals surface area (Å²) in [6, 6.07) is 7.09. The molecule has 1 N–H and O–H groups in total. The lowest BCUT2D eigenvalue weighted by atomic mass is 9.95. The second kappa shape index (κ2) is 6.66. The molecule has 2 rings (SSSR count). The SMILES string of the molecule is CNCC1CCN(C(=O)c2ccccc2C(C)=O)CC1. The van der Waals surface area contributed by atoms with E-state index in [1.165, 1.54) is 6.92 Å². The van der Waals surface area contributed by atoms with Crippen LogP contribution in [0.3, 0.4) is 0 Å². The van der Waals surface area contributed by atoms with Crippen molar-refractivity contribution in [3.8, 4) is 0 Å². The minimum atomic E-state index is -0.0565. The number of benzene rings is 1. The van der Waals surface area contributed by atoms with Crippen molar-refractivity contribution in [2.75, 3.05) is 26.7 Å². The average molecular weight is 274 g/mol. The average Bonchev–Trinajstić information content (AvgIpc) is 2.47. The van der Waals surface area contributed by atoms with E-state index in [-0.39, 0.29) is 11.7 Å². The fourth-order valence-corrected chi connectivity index (χ4v) is 2.78. The number of rotatable bonds is 4. The molecule has 1 fully saturated rings. The quantitative estimate of drug-likeness (QED) is 0.854. The number of carbonyl (C=O) groups excluding carboxylic acids is 2. The first-order chi connectivity index (χ1) is 9.63. The van der Waals surface area contributed by atoms with E-state index in [1.807, 2.05) is 18.0 Å². The Morgan fingerprint density at radius 2 is 1.80 bits per heavy atom. The van der Waals surface area contributed by atoms with Gasteiger partial charge in [0.1, 0.15) is 0 Å². The van der Waals surface area contributed by atoms with E-state index in [0.717, 1.165) is 32.5 Å². The lowest BCUT2D eigenvalue weighted by molar-refractivity contribution is 0.0687. The molecule has 4 heteroatoms. The van der Waals surface area contributed by atoms with E-state index in [4.69, 9.17) is 0 Å². The third-order valence-corrected chi connectivity index (χ3v) is 3.93. The van der Waals surface area contributed by atoms with Gasteiger partial charge in [-0.2, -0.15) is 0 Å². The maximum atomic E-state index is 12.5. The van der Waals surface area contributed by atoms with Crippen LogP contribution in [0.15, 0.2) is 24.3 Å². The summed E-state index contributed by atoms with van der Waals surface area (Å²) in [5.74, 6) is 0.574. The van der Waals surface area contributed by atoms with Gasteiger partial charge in [-0.3, -0.25) is 9.59 Å². The fraction of sp³-hybridized carbons (Fsp3) is 0.500. The summed E-state index contributed by atoms with van der Waals surface area (Å²) in [6.07, 6.45) is 2.05. The Balaban J connectivity index is 2.08. The van der Waals surface area contributed by atoms with Crippen molar-refractivity contribution < 1.29 is 9.59 Å².